The monoisotopic (exact) mass is 221 g/mol. The van der Waals surface area contributed by atoms with E-state index in [4.69, 9.17) is 5.11 Å². The standard InChI is InChI=1S/C10H11N3O3/c14-8-2-1-7(3-9(8)15)4-11-5-10-12-6-16-13-10/h1-3,6,11,14-15H,4-5H2. The molecule has 84 valence electrons. The minimum absolute atomic E-state index is 0.123. The number of aromatic hydroxyl groups is 2. The van der Waals surface area contributed by atoms with Gasteiger partial charge in [0.15, 0.2) is 17.3 Å². The summed E-state index contributed by atoms with van der Waals surface area (Å²) >= 11 is 0. The summed E-state index contributed by atoms with van der Waals surface area (Å²) in [5, 5.41) is 25.1. The Hall–Kier alpha value is -2.08. The van der Waals surface area contributed by atoms with Crippen molar-refractivity contribution in [2.45, 2.75) is 13.1 Å². The number of nitrogens with one attached hydrogen (secondary N) is 1. The second kappa shape index (κ2) is 4.63. The molecule has 0 fully saturated rings. The van der Waals surface area contributed by atoms with Crippen molar-refractivity contribution < 1.29 is 14.7 Å². The highest BCUT2D eigenvalue weighted by molar-refractivity contribution is 5.40. The van der Waals surface area contributed by atoms with E-state index in [-0.39, 0.29) is 11.5 Å². The van der Waals surface area contributed by atoms with Crippen molar-refractivity contribution in [3.05, 3.63) is 36.0 Å². The summed E-state index contributed by atoms with van der Waals surface area (Å²) in [5.41, 5.74) is 0.860. The van der Waals surface area contributed by atoms with Crippen molar-refractivity contribution in [3.63, 3.8) is 0 Å². The molecule has 1 heterocycles. The zero-order valence-corrected chi connectivity index (χ0v) is 8.42. The molecule has 0 saturated heterocycles. The van der Waals surface area contributed by atoms with Gasteiger partial charge in [0.05, 0.1) is 6.54 Å². The van der Waals surface area contributed by atoms with Crippen LogP contribution in [0.15, 0.2) is 29.1 Å². The molecule has 3 N–H and O–H groups in total. The summed E-state index contributed by atoms with van der Waals surface area (Å²) in [4.78, 5) is 3.85. The van der Waals surface area contributed by atoms with Crippen molar-refractivity contribution in [3.8, 4) is 11.5 Å². The lowest BCUT2D eigenvalue weighted by molar-refractivity contribution is 0.402. The van der Waals surface area contributed by atoms with E-state index < -0.39 is 0 Å². The van der Waals surface area contributed by atoms with Crippen LogP contribution in [0.2, 0.25) is 0 Å². The third-order valence-electron chi connectivity index (χ3n) is 2.06. The largest absolute Gasteiger partial charge is 0.504 e. The van der Waals surface area contributed by atoms with Crippen LogP contribution < -0.4 is 5.32 Å². The van der Waals surface area contributed by atoms with Gasteiger partial charge < -0.3 is 20.1 Å². The van der Waals surface area contributed by atoms with Crippen LogP contribution in [0, 0.1) is 0 Å². The maximum atomic E-state index is 9.27. The maximum Gasteiger partial charge on any atom is 0.213 e. The molecular formula is C10H11N3O3. The van der Waals surface area contributed by atoms with Crippen LogP contribution in [0.25, 0.3) is 0 Å². The van der Waals surface area contributed by atoms with E-state index in [0.29, 0.717) is 18.9 Å². The molecule has 0 aliphatic heterocycles. The first kappa shape index (κ1) is 10.4. The van der Waals surface area contributed by atoms with Crippen molar-refractivity contribution in [1.29, 1.82) is 0 Å². The topological polar surface area (TPSA) is 91.4 Å². The predicted octanol–water partition coefficient (Wildman–Crippen LogP) is 0.771. The molecule has 2 rings (SSSR count). The average molecular weight is 221 g/mol. The van der Waals surface area contributed by atoms with Crippen LogP contribution in [0.5, 0.6) is 11.5 Å². The molecular weight excluding hydrogens is 210 g/mol. The molecule has 0 saturated carbocycles. The van der Waals surface area contributed by atoms with Crippen LogP contribution in [0.4, 0.5) is 0 Å². The van der Waals surface area contributed by atoms with E-state index >= 15 is 0 Å². The molecule has 6 nitrogen and oxygen atoms in total. The zero-order chi connectivity index (χ0) is 11.4. The van der Waals surface area contributed by atoms with Crippen LogP contribution in [0.1, 0.15) is 11.4 Å². The highest BCUT2D eigenvalue weighted by Crippen LogP contribution is 2.24. The predicted molar refractivity (Wildman–Crippen MR) is 54.6 cm³/mol. The van der Waals surface area contributed by atoms with Gasteiger partial charge in [-0.3, -0.25) is 0 Å². The second-order valence-corrected chi connectivity index (χ2v) is 3.27. The molecule has 0 spiro atoms. The highest BCUT2D eigenvalue weighted by atomic mass is 16.5. The van der Waals surface area contributed by atoms with Gasteiger partial charge in [0.25, 0.3) is 0 Å². The molecule has 0 aliphatic carbocycles. The van der Waals surface area contributed by atoms with E-state index in [2.05, 4.69) is 20.0 Å². The van der Waals surface area contributed by atoms with Gasteiger partial charge in [-0.05, 0) is 17.7 Å². The van der Waals surface area contributed by atoms with Crippen molar-refractivity contribution in [1.82, 2.24) is 15.5 Å². The summed E-state index contributed by atoms with van der Waals surface area (Å²) in [6, 6.07) is 4.66. The number of rotatable bonds is 4. The molecule has 0 atom stereocenters. The summed E-state index contributed by atoms with van der Waals surface area (Å²) < 4.78 is 4.58. The molecule has 0 radical (unpaired) electrons. The number of nitrogens with zero attached hydrogens (tertiary/aromatic N) is 2. The van der Waals surface area contributed by atoms with Gasteiger partial charge in [0, 0.05) is 6.54 Å². The number of aromatic nitrogens is 2. The van der Waals surface area contributed by atoms with Gasteiger partial charge in [-0.15, -0.1) is 0 Å². The third-order valence-corrected chi connectivity index (χ3v) is 2.06. The lowest BCUT2D eigenvalue weighted by Gasteiger charge is -2.04. The highest BCUT2D eigenvalue weighted by Gasteiger charge is 2.01. The minimum Gasteiger partial charge on any atom is -0.504 e. The van der Waals surface area contributed by atoms with E-state index in [1.54, 1.807) is 6.07 Å². The quantitative estimate of drug-likeness (QED) is 0.660. The fraction of sp³-hybridized carbons (Fsp3) is 0.200. The van der Waals surface area contributed by atoms with Gasteiger partial charge in [-0.25, -0.2) is 0 Å². The van der Waals surface area contributed by atoms with Gasteiger partial charge in [-0.1, -0.05) is 11.2 Å². The lowest BCUT2D eigenvalue weighted by Crippen LogP contribution is -2.13. The smallest absolute Gasteiger partial charge is 0.213 e. The Bertz CT molecular complexity index is 456. The van der Waals surface area contributed by atoms with E-state index in [9.17, 15) is 5.11 Å². The molecule has 6 heteroatoms. The Labute approximate surface area is 91.5 Å². The molecule has 16 heavy (non-hydrogen) atoms. The molecule has 2 aromatic rings. The average Bonchev–Trinajstić information content (AvgIpc) is 2.76. The number of hydrogen-bond donors (Lipinski definition) is 3. The molecule has 1 aromatic heterocycles. The van der Waals surface area contributed by atoms with Gasteiger partial charge in [0.2, 0.25) is 6.39 Å². The number of benzene rings is 1. The van der Waals surface area contributed by atoms with E-state index in [1.807, 2.05) is 0 Å². The second-order valence-electron chi connectivity index (χ2n) is 3.27. The molecule has 0 aliphatic rings. The first-order chi connectivity index (χ1) is 7.75. The van der Waals surface area contributed by atoms with Crippen molar-refractivity contribution in [2.75, 3.05) is 0 Å². The lowest BCUT2D eigenvalue weighted by atomic mass is 10.2. The molecule has 1 aromatic carbocycles. The maximum absolute atomic E-state index is 9.27. The SMILES string of the molecule is Oc1ccc(CNCc2ncon2)cc1O. The Balaban J connectivity index is 1.87. The number of hydrogen-bond acceptors (Lipinski definition) is 6. The summed E-state index contributed by atoms with van der Waals surface area (Å²) in [7, 11) is 0. The summed E-state index contributed by atoms with van der Waals surface area (Å²) in [6.45, 7) is 1.03. The summed E-state index contributed by atoms with van der Waals surface area (Å²) in [6.07, 6.45) is 1.27. The van der Waals surface area contributed by atoms with Gasteiger partial charge in [-0.2, -0.15) is 4.98 Å². The first-order valence-electron chi connectivity index (χ1n) is 4.72. The molecule has 0 bridgehead atoms. The normalized spacial score (nSPS) is 10.5. The Morgan fingerprint density at radius 1 is 1.19 bits per heavy atom. The Morgan fingerprint density at radius 2 is 2.06 bits per heavy atom. The fourth-order valence-corrected chi connectivity index (χ4v) is 1.27. The van der Waals surface area contributed by atoms with Crippen LogP contribution >= 0.6 is 0 Å². The minimum atomic E-state index is -0.126. The van der Waals surface area contributed by atoms with Gasteiger partial charge >= 0.3 is 0 Å². The van der Waals surface area contributed by atoms with Crippen molar-refractivity contribution in [2.24, 2.45) is 0 Å². The van der Waals surface area contributed by atoms with Gasteiger partial charge in [0.1, 0.15) is 0 Å². The summed E-state index contributed by atoms with van der Waals surface area (Å²) in [5.74, 6) is 0.323. The van der Waals surface area contributed by atoms with Crippen LogP contribution in [0.3, 0.4) is 0 Å². The van der Waals surface area contributed by atoms with E-state index in [1.165, 1.54) is 18.5 Å². The molecule has 0 unspecified atom stereocenters. The fourth-order valence-electron chi connectivity index (χ4n) is 1.27. The van der Waals surface area contributed by atoms with E-state index in [0.717, 1.165) is 5.56 Å². The molecule has 0 amide bonds. The number of phenolic OH excluding ortho intramolecular Hbond substituents is 2. The Morgan fingerprint density at radius 3 is 2.75 bits per heavy atom. The number of phenols is 2. The van der Waals surface area contributed by atoms with Crippen LogP contribution in [-0.2, 0) is 13.1 Å². The first-order valence-corrected chi connectivity index (χ1v) is 4.72. The zero-order valence-electron chi connectivity index (χ0n) is 8.42. The third kappa shape index (κ3) is 2.48. The van der Waals surface area contributed by atoms with Crippen LogP contribution in [-0.4, -0.2) is 20.4 Å². The Kier molecular flexibility index (Phi) is 3.02. The van der Waals surface area contributed by atoms with Crippen molar-refractivity contribution >= 4 is 0 Å².